The highest BCUT2D eigenvalue weighted by Crippen LogP contribution is 2.46. The second-order valence-electron chi connectivity index (χ2n) is 5.41. The largest absolute Gasteiger partial charge is 0.365 e. The average molecular weight is 307 g/mol. The SMILES string of the molecule is Brc1cnn2ccnc(NC(C3CC3)C3CC3)c12. The molecule has 2 aromatic heterocycles. The van der Waals surface area contributed by atoms with Gasteiger partial charge in [0.05, 0.1) is 10.7 Å². The summed E-state index contributed by atoms with van der Waals surface area (Å²) in [7, 11) is 0. The van der Waals surface area contributed by atoms with E-state index in [4.69, 9.17) is 0 Å². The van der Waals surface area contributed by atoms with Crippen molar-refractivity contribution in [1.82, 2.24) is 14.6 Å². The molecule has 2 heterocycles. The molecule has 2 aliphatic carbocycles. The molecular weight excluding hydrogens is 292 g/mol. The van der Waals surface area contributed by atoms with Gasteiger partial charge in [0.1, 0.15) is 5.52 Å². The summed E-state index contributed by atoms with van der Waals surface area (Å²) in [6.45, 7) is 0. The van der Waals surface area contributed by atoms with E-state index in [0.29, 0.717) is 6.04 Å². The van der Waals surface area contributed by atoms with Crippen molar-refractivity contribution in [3.63, 3.8) is 0 Å². The maximum absolute atomic E-state index is 4.50. The number of rotatable bonds is 4. The Kier molecular flexibility index (Phi) is 2.37. The zero-order valence-corrected chi connectivity index (χ0v) is 11.6. The van der Waals surface area contributed by atoms with Crippen LogP contribution in [0.5, 0.6) is 0 Å². The number of nitrogens with zero attached hydrogens (tertiary/aromatic N) is 3. The fourth-order valence-corrected chi connectivity index (χ4v) is 3.16. The number of nitrogens with one attached hydrogen (secondary N) is 1. The molecule has 0 atom stereocenters. The summed E-state index contributed by atoms with van der Waals surface area (Å²) in [5.74, 6) is 2.69. The van der Waals surface area contributed by atoms with E-state index in [2.05, 4.69) is 31.3 Å². The Balaban J connectivity index is 1.70. The van der Waals surface area contributed by atoms with E-state index in [9.17, 15) is 0 Å². The minimum Gasteiger partial charge on any atom is -0.365 e. The van der Waals surface area contributed by atoms with Crippen LogP contribution >= 0.6 is 15.9 Å². The summed E-state index contributed by atoms with van der Waals surface area (Å²) >= 11 is 3.55. The first-order valence-electron chi connectivity index (χ1n) is 6.57. The van der Waals surface area contributed by atoms with Crippen molar-refractivity contribution in [2.45, 2.75) is 31.7 Å². The summed E-state index contributed by atoms with van der Waals surface area (Å²) in [4.78, 5) is 4.50. The van der Waals surface area contributed by atoms with Crippen molar-refractivity contribution < 1.29 is 0 Å². The Morgan fingerprint density at radius 2 is 2.00 bits per heavy atom. The van der Waals surface area contributed by atoms with Gasteiger partial charge < -0.3 is 5.32 Å². The Morgan fingerprint density at radius 3 is 2.67 bits per heavy atom. The standard InChI is InChI=1S/C13H15BrN4/c14-10-7-16-18-6-5-15-13(12(10)18)17-11(8-1-2-8)9-3-4-9/h5-9,11H,1-4H2,(H,15,17). The van der Waals surface area contributed by atoms with E-state index in [-0.39, 0.29) is 0 Å². The number of fused-ring (bicyclic) bond motifs is 1. The van der Waals surface area contributed by atoms with Gasteiger partial charge in [-0.1, -0.05) is 0 Å². The zero-order valence-electron chi connectivity index (χ0n) is 10.0. The zero-order chi connectivity index (χ0) is 12.1. The Labute approximate surface area is 114 Å². The first-order valence-corrected chi connectivity index (χ1v) is 7.36. The van der Waals surface area contributed by atoms with Gasteiger partial charge in [0.2, 0.25) is 0 Å². The van der Waals surface area contributed by atoms with Crippen molar-refractivity contribution in [2.75, 3.05) is 5.32 Å². The molecule has 0 bridgehead atoms. The lowest BCUT2D eigenvalue weighted by molar-refractivity contribution is 0.566. The van der Waals surface area contributed by atoms with E-state index < -0.39 is 0 Å². The monoisotopic (exact) mass is 306 g/mol. The molecule has 0 saturated heterocycles. The van der Waals surface area contributed by atoms with Crippen LogP contribution in [0.4, 0.5) is 5.82 Å². The van der Waals surface area contributed by atoms with Crippen molar-refractivity contribution in [1.29, 1.82) is 0 Å². The second kappa shape index (κ2) is 3.95. The molecule has 0 aromatic carbocycles. The van der Waals surface area contributed by atoms with Crippen molar-refractivity contribution in [2.24, 2.45) is 11.8 Å². The molecule has 5 heteroatoms. The Bertz CT molecular complexity index is 574. The van der Waals surface area contributed by atoms with Gasteiger partial charge in [-0.15, -0.1) is 0 Å². The quantitative estimate of drug-likeness (QED) is 0.944. The van der Waals surface area contributed by atoms with Crippen LogP contribution in [0.1, 0.15) is 25.7 Å². The van der Waals surface area contributed by atoms with Crippen LogP contribution in [0.25, 0.3) is 5.52 Å². The molecule has 0 amide bonds. The lowest BCUT2D eigenvalue weighted by Crippen LogP contribution is -2.25. The van der Waals surface area contributed by atoms with Crippen LogP contribution in [0.2, 0.25) is 0 Å². The maximum Gasteiger partial charge on any atom is 0.153 e. The van der Waals surface area contributed by atoms with Gasteiger partial charge in [-0.25, -0.2) is 9.50 Å². The predicted molar refractivity (Wildman–Crippen MR) is 73.5 cm³/mol. The van der Waals surface area contributed by atoms with E-state index in [1.807, 2.05) is 23.1 Å². The van der Waals surface area contributed by atoms with Crippen LogP contribution in [0.3, 0.4) is 0 Å². The fraction of sp³-hybridized carbons (Fsp3) is 0.538. The molecule has 0 spiro atoms. The van der Waals surface area contributed by atoms with E-state index in [0.717, 1.165) is 27.6 Å². The third-order valence-corrected chi connectivity index (χ3v) is 4.53. The molecule has 2 saturated carbocycles. The van der Waals surface area contributed by atoms with Gasteiger partial charge in [-0.2, -0.15) is 5.10 Å². The number of hydrogen-bond donors (Lipinski definition) is 1. The van der Waals surface area contributed by atoms with Gasteiger partial charge in [0, 0.05) is 18.4 Å². The lowest BCUT2D eigenvalue weighted by atomic mass is 10.1. The number of anilines is 1. The van der Waals surface area contributed by atoms with Crippen LogP contribution in [0, 0.1) is 11.8 Å². The highest BCUT2D eigenvalue weighted by molar-refractivity contribution is 9.10. The maximum atomic E-state index is 4.50. The Morgan fingerprint density at radius 1 is 1.28 bits per heavy atom. The second-order valence-corrected chi connectivity index (χ2v) is 6.26. The fourth-order valence-electron chi connectivity index (χ4n) is 2.70. The molecule has 0 unspecified atom stereocenters. The molecule has 0 aliphatic heterocycles. The molecule has 1 N–H and O–H groups in total. The van der Waals surface area contributed by atoms with Crippen molar-refractivity contribution in [3.05, 3.63) is 23.1 Å². The molecule has 0 radical (unpaired) electrons. The summed E-state index contributed by atoms with van der Waals surface area (Å²) < 4.78 is 2.87. The minimum absolute atomic E-state index is 0.616. The highest BCUT2D eigenvalue weighted by Gasteiger charge is 2.41. The third-order valence-electron chi connectivity index (χ3n) is 3.95. The molecular formula is C13H15BrN4. The van der Waals surface area contributed by atoms with Gasteiger partial charge >= 0.3 is 0 Å². The minimum atomic E-state index is 0.616. The normalized spacial score (nSPS) is 19.7. The molecule has 18 heavy (non-hydrogen) atoms. The van der Waals surface area contributed by atoms with E-state index in [1.54, 1.807) is 0 Å². The van der Waals surface area contributed by atoms with Gasteiger partial charge in [-0.05, 0) is 53.4 Å². The van der Waals surface area contributed by atoms with Gasteiger partial charge in [0.15, 0.2) is 5.82 Å². The lowest BCUT2D eigenvalue weighted by Gasteiger charge is -2.18. The van der Waals surface area contributed by atoms with Crippen molar-refractivity contribution in [3.8, 4) is 0 Å². The van der Waals surface area contributed by atoms with Crippen LogP contribution in [0.15, 0.2) is 23.1 Å². The topological polar surface area (TPSA) is 42.2 Å². The van der Waals surface area contributed by atoms with Gasteiger partial charge in [-0.3, -0.25) is 0 Å². The van der Waals surface area contributed by atoms with Crippen LogP contribution in [-0.2, 0) is 0 Å². The van der Waals surface area contributed by atoms with E-state index in [1.165, 1.54) is 25.7 Å². The molecule has 2 fully saturated rings. The number of hydrogen-bond acceptors (Lipinski definition) is 3. The van der Waals surface area contributed by atoms with Gasteiger partial charge in [0.25, 0.3) is 0 Å². The predicted octanol–water partition coefficient (Wildman–Crippen LogP) is 3.09. The molecule has 4 nitrogen and oxygen atoms in total. The highest BCUT2D eigenvalue weighted by atomic mass is 79.9. The molecule has 2 aliphatic rings. The first-order chi connectivity index (χ1) is 8.83. The molecule has 2 aromatic rings. The molecule has 4 rings (SSSR count). The summed E-state index contributed by atoms with van der Waals surface area (Å²) in [5.41, 5.74) is 1.05. The summed E-state index contributed by atoms with van der Waals surface area (Å²) in [6.07, 6.45) is 11.0. The Hall–Kier alpha value is -1.10. The number of aromatic nitrogens is 3. The average Bonchev–Trinajstić information content (AvgIpc) is 3.26. The van der Waals surface area contributed by atoms with Crippen molar-refractivity contribution >= 4 is 27.3 Å². The van der Waals surface area contributed by atoms with Crippen LogP contribution in [-0.4, -0.2) is 20.6 Å². The number of halogens is 1. The molecule has 94 valence electrons. The van der Waals surface area contributed by atoms with Crippen LogP contribution < -0.4 is 5.32 Å². The third kappa shape index (κ3) is 1.81. The van der Waals surface area contributed by atoms with E-state index >= 15 is 0 Å². The summed E-state index contributed by atoms with van der Waals surface area (Å²) in [6, 6.07) is 0.616. The first kappa shape index (κ1) is 10.8. The summed E-state index contributed by atoms with van der Waals surface area (Å²) in [5, 5.41) is 7.97. The smallest absolute Gasteiger partial charge is 0.153 e.